The molecule has 1 fully saturated rings. The van der Waals surface area contributed by atoms with Crippen LogP contribution >= 0.6 is 0 Å². The van der Waals surface area contributed by atoms with Crippen LogP contribution in [0.3, 0.4) is 0 Å². The molecule has 1 aromatic rings. The number of nitrogens with one attached hydrogen (secondary N) is 2. The molecule has 1 atom stereocenters. The van der Waals surface area contributed by atoms with E-state index in [1.54, 1.807) is 39.0 Å². The van der Waals surface area contributed by atoms with E-state index < -0.39 is 41.0 Å². The van der Waals surface area contributed by atoms with Crippen LogP contribution in [0.1, 0.15) is 58.4 Å². The minimum Gasteiger partial charge on any atom is -0.467 e. The van der Waals surface area contributed by atoms with Crippen molar-refractivity contribution in [3.63, 3.8) is 0 Å². The van der Waals surface area contributed by atoms with Gasteiger partial charge in [0.1, 0.15) is 17.0 Å². The van der Waals surface area contributed by atoms with Crippen LogP contribution in [-0.2, 0) is 25.5 Å². The zero-order chi connectivity index (χ0) is 22.4. The van der Waals surface area contributed by atoms with Crippen LogP contribution in [0.4, 0.5) is 9.18 Å². The summed E-state index contributed by atoms with van der Waals surface area (Å²) < 4.78 is 24.3. The van der Waals surface area contributed by atoms with Gasteiger partial charge in [-0.2, -0.15) is 0 Å². The van der Waals surface area contributed by atoms with E-state index in [4.69, 9.17) is 9.47 Å². The summed E-state index contributed by atoms with van der Waals surface area (Å²) in [7, 11) is 1.29. The summed E-state index contributed by atoms with van der Waals surface area (Å²) in [4.78, 5) is 37.3. The third-order valence-corrected chi connectivity index (χ3v) is 4.99. The molecule has 0 aromatic heterocycles. The minimum absolute atomic E-state index is 0.102. The first-order valence-corrected chi connectivity index (χ1v) is 10.2. The van der Waals surface area contributed by atoms with Gasteiger partial charge in [0, 0.05) is 12.5 Å². The summed E-state index contributed by atoms with van der Waals surface area (Å²) in [5, 5.41) is 5.45. The number of alkyl carbamates (subject to hydrolysis) is 1. The molecule has 166 valence electrons. The number of hydrogen-bond acceptors (Lipinski definition) is 5. The topological polar surface area (TPSA) is 93.7 Å². The van der Waals surface area contributed by atoms with Crippen LogP contribution < -0.4 is 10.6 Å². The highest BCUT2D eigenvalue weighted by atomic mass is 19.1. The highest BCUT2D eigenvalue weighted by Gasteiger charge is 2.43. The molecule has 30 heavy (non-hydrogen) atoms. The van der Waals surface area contributed by atoms with Crippen LogP contribution in [0.25, 0.3) is 0 Å². The maximum Gasteiger partial charge on any atom is 0.407 e. The van der Waals surface area contributed by atoms with Crippen molar-refractivity contribution >= 4 is 18.0 Å². The largest absolute Gasteiger partial charge is 0.467 e. The predicted molar refractivity (Wildman–Crippen MR) is 109 cm³/mol. The SMILES string of the molecule is COC(=O)C1(NC(=O)C[C@@H](Cc2ccccc2F)NC(=O)OC(C)(C)C)CCCC1. The monoisotopic (exact) mass is 422 g/mol. The molecule has 0 aliphatic heterocycles. The van der Waals surface area contributed by atoms with Gasteiger partial charge in [0.2, 0.25) is 5.91 Å². The maximum atomic E-state index is 14.1. The predicted octanol–water partition coefficient (Wildman–Crippen LogP) is 3.25. The summed E-state index contributed by atoms with van der Waals surface area (Å²) in [5.41, 5.74) is -1.39. The van der Waals surface area contributed by atoms with Crippen LogP contribution in [0.2, 0.25) is 0 Å². The van der Waals surface area contributed by atoms with Crippen molar-refractivity contribution in [2.24, 2.45) is 0 Å². The fourth-order valence-electron chi connectivity index (χ4n) is 3.67. The highest BCUT2D eigenvalue weighted by Crippen LogP contribution is 2.31. The molecule has 8 heteroatoms. The molecule has 2 N–H and O–H groups in total. The summed E-state index contributed by atoms with van der Waals surface area (Å²) in [6.45, 7) is 5.18. The molecule has 1 aromatic carbocycles. The molecule has 0 unspecified atom stereocenters. The minimum atomic E-state index is -1.04. The first-order chi connectivity index (χ1) is 14.0. The molecule has 0 bridgehead atoms. The van der Waals surface area contributed by atoms with Gasteiger partial charge in [0.15, 0.2) is 0 Å². The van der Waals surface area contributed by atoms with Crippen molar-refractivity contribution in [1.29, 1.82) is 0 Å². The zero-order valence-electron chi connectivity index (χ0n) is 18.0. The number of ether oxygens (including phenoxy) is 2. The lowest BCUT2D eigenvalue weighted by Gasteiger charge is -2.29. The second-order valence-electron chi connectivity index (χ2n) is 8.67. The Kier molecular flexibility index (Phi) is 7.81. The third-order valence-electron chi connectivity index (χ3n) is 4.99. The van der Waals surface area contributed by atoms with Crippen LogP contribution in [0.5, 0.6) is 0 Å². The Morgan fingerprint density at radius 3 is 2.37 bits per heavy atom. The van der Waals surface area contributed by atoms with Crippen molar-refractivity contribution in [3.05, 3.63) is 35.6 Å². The van der Waals surface area contributed by atoms with E-state index in [2.05, 4.69) is 10.6 Å². The summed E-state index contributed by atoms with van der Waals surface area (Å²) in [5.74, 6) is -1.31. The molecule has 1 aliphatic rings. The number of benzene rings is 1. The van der Waals surface area contributed by atoms with Gasteiger partial charge in [-0.05, 0) is 51.7 Å². The molecular weight excluding hydrogens is 391 g/mol. The molecular formula is C22H31FN2O5. The van der Waals surface area contributed by atoms with Gasteiger partial charge in [-0.3, -0.25) is 4.79 Å². The maximum absolute atomic E-state index is 14.1. The fourth-order valence-corrected chi connectivity index (χ4v) is 3.67. The Morgan fingerprint density at radius 2 is 1.80 bits per heavy atom. The Morgan fingerprint density at radius 1 is 1.17 bits per heavy atom. The van der Waals surface area contributed by atoms with E-state index in [-0.39, 0.29) is 12.8 Å². The Hall–Kier alpha value is -2.64. The smallest absolute Gasteiger partial charge is 0.407 e. The lowest BCUT2D eigenvalue weighted by molar-refractivity contribution is -0.150. The average molecular weight is 422 g/mol. The van der Waals surface area contributed by atoms with Crippen molar-refractivity contribution in [3.8, 4) is 0 Å². The van der Waals surface area contributed by atoms with Gasteiger partial charge >= 0.3 is 12.1 Å². The molecule has 0 radical (unpaired) electrons. The first kappa shape index (κ1) is 23.6. The Labute approximate surface area is 176 Å². The lowest BCUT2D eigenvalue weighted by atomic mass is 9.96. The molecule has 1 aliphatic carbocycles. The van der Waals surface area contributed by atoms with Gasteiger partial charge in [0.25, 0.3) is 0 Å². The number of esters is 1. The van der Waals surface area contributed by atoms with E-state index >= 15 is 0 Å². The normalized spacial score (nSPS) is 16.4. The molecule has 0 saturated heterocycles. The average Bonchev–Trinajstić information content (AvgIpc) is 3.10. The number of halogens is 1. The van der Waals surface area contributed by atoms with Gasteiger partial charge in [0.05, 0.1) is 7.11 Å². The van der Waals surface area contributed by atoms with Gasteiger partial charge in [-0.25, -0.2) is 14.0 Å². The van der Waals surface area contributed by atoms with Crippen molar-refractivity contribution in [1.82, 2.24) is 10.6 Å². The first-order valence-electron chi connectivity index (χ1n) is 10.2. The van der Waals surface area contributed by atoms with E-state index in [0.717, 1.165) is 12.8 Å². The number of carbonyl (C=O) groups excluding carboxylic acids is 3. The molecule has 7 nitrogen and oxygen atoms in total. The number of rotatable bonds is 7. The summed E-state index contributed by atoms with van der Waals surface area (Å²) >= 11 is 0. The van der Waals surface area contributed by atoms with Crippen LogP contribution in [-0.4, -0.2) is 42.3 Å². The van der Waals surface area contributed by atoms with E-state index in [9.17, 15) is 18.8 Å². The number of amides is 2. The highest BCUT2D eigenvalue weighted by molar-refractivity contribution is 5.88. The Bertz CT molecular complexity index is 769. The lowest BCUT2D eigenvalue weighted by Crippen LogP contribution is -2.54. The molecule has 1 saturated carbocycles. The second-order valence-corrected chi connectivity index (χ2v) is 8.67. The number of carbonyl (C=O) groups is 3. The van der Waals surface area contributed by atoms with Crippen LogP contribution in [0.15, 0.2) is 24.3 Å². The van der Waals surface area contributed by atoms with Crippen LogP contribution in [0, 0.1) is 5.82 Å². The second kappa shape index (κ2) is 9.91. The van der Waals surface area contributed by atoms with Gasteiger partial charge in [-0.15, -0.1) is 0 Å². The molecule has 2 rings (SSSR count). The molecule has 2 amide bonds. The van der Waals surface area contributed by atoms with Gasteiger partial charge in [-0.1, -0.05) is 31.0 Å². The van der Waals surface area contributed by atoms with Crippen molar-refractivity contribution < 1.29 is 28.2 Å². The summed E-state index contributed by atoms with van der Waals surface area (Å²) in [6.07, 6.45) is 1.90. The summed E-state index contributed by atoms with van der Waals surface area (Å²) in [6, 6.07) is 5.47. The van der Waals surface area contributed by atoms with E-state index in [1.165, 1.54) is 13.2 Å². The zero-order valence-corrected chi connectivity index (χ0v) is 18.0. The van der Waals surface area contributed by atoms with Crippen molar-refractivity contribution in [2.75, 3.05) is 7.11 Å². The third kappa shape index (κ3) is 6.71. The van der Waals surface area contributed by atoms with E-state index in [0.29, 0.717) is 18.4 Å². The number of hydrogen-bond donors (Lipinski definition) is 2. The van der Waals surface area contributed by atoms with Crippen molar-refractivity contribution in [2.45, 2.75) is 76.5 Å². The quantitative estimate of drug-likeness (QED) is 0.658. The fraction of sp³-hybridized carbons (Fsp3) is 0.591. The van der Waals surface area contributed by atoms with Gasteiger partial charge < -0.3 is 20.1 Å². The Balaban J connectivity index is 2.12. The van der Waals surface area contributed by atoms with E-state index in [1.807, 2.05) is 0 Å². The number of methoxy groups -OCH3 is 1. The standard InChI is InChI=1S/C22H31FN2O5/c1-21(2,3)30-20(28)24-16(13-15-9-5-6-10-17(15)23)14-18(26)25-22(19(27)29-4)11-7-8-12-22/h5-6,9-10,16H,7-8,11-14H2,1-4H3,(H,24,28)(H,25,26)/t16-/m1/s1. The molecule has 0 heterocycles. The molecule has 0 spiro atoms.